The van der Waals surface area contributed by atoms with Gasteiger partial charge in [-0.3, -0.25) is 0 Å². The molecule has 5 N–H and O–H groups in total. The molecular formula is C10H17F2N5O2. The number of alkyl halides is 2. The molecular weight excluding hydrogens is 260 g/mol. The first-order valence-corrected chi connectivity index (χ1v) is 5.65. The molecule has 0 saturated heterocycles. The molecule has 1 aromatic rings. The van der Waals surface area contributed by atoms with Gasteiger partial charge in [-0.2, -0.15) is 0 Å². The molecule has 0 aliphatic rings. The van der Waals surface area contributed by atoms with Crippen LogP contribution in [0.1, 0.15) is 12.7 Å². The third kappa shape index (κ3) is 5.28. The van der Waals surface area contributed by atoms with E-state index in [4.69, 9.17) is 15.7 Å². The van der Waals surface area contributed by atoms with Gasteiger partial charge in [0.1, 0.15) is 24.8 Å². The molecule has 9 heteroatoms. The molecule has 0 fully saturated rings. The Morgan fingerprint density at radius 2 is 2.11 bits per heavy atom. The first-order chi connectivity index (χ1) is 9.00. The molecule has 0 unspecified atom stereocenters. The number of aromatic nitrogens is 2. The monoisotopic (exact) mass is 277 g/mol. The lowest BCUT2D eigenvalue weighted by molar-refractivity contribution is -0.0373. The number of hydrazine groups is 1. The number of ether oxygens (including phenoxy) is 1. The minimum absolute atomic E-state index is 0.150. The number of anilines is 2. The van der Waals surface area contributed by atoms with Crippen molar-refractivity contribution in [2.24, 2.45) is 5.84 Å². The van der Waals surface area contributed by atoms with Crippen molar-refractivity contribution in [2.75, 3.05) is 30.5 Å². The lowest BCUT2D eigenvalue weighted by atomic mass is 10.3. The van der Waals surface area contributed by atoms with Gasteiger partial charge in [0.25, 0.3) is 5.92 Å². The zero-order valence-electron chi connectivity index (χ0n) is 10.5. The molecule has 1 heterocycles. The predicted octanol–water partition coefficient (Wildman–Crippen LogP) is 0.338. The quantitative estimate of drug-likeness (QED) is 0.401. The molecule has 108 valence electrons. The number of hydrogen-bond donors (Lipinski definition) is 4. The Balaban J connectivity index is 2.76. The molecule has 0 spiro atoms. The predicted molar refractivity (Wildman–Crippen MR) is 65.7 cm³/mol. The zero-order valence-corrected chi connectivity index (χ0v) is 10.5. The van der Waals surface area contributed by atoms with Gasteiger partial charge >= 0.3 is 0 Å². The number of halogens is 2. The van der Waals surface area contributed by atoms with Crippen molar-refractivity contribution in [2.45, 2.75) is 19.5 Å². The van der Waals surface area contributed by atoms with E-state index in [2.05, 4.69) is 20.7 Å². The maximum Gasteiger partial charge on any atom is 0.287 e. The molecule has 0 aliphatic carbocycles. The van der Waals surface area contributed by atoms with E-state index < -0.39 is 19.1 Å². The molecule has 0 saturated carbocycles. The standard InChI is InChI=1S/C10H17F2N5O2/c1-2-19-4-9-15-7(3-8(16-9)17-13)14-5-10(11,12)6-18/h3,18H,2,4-6,13H2,1H3,(H2,14,15,16,17). The number of aliphatic hydroxyl groups excluding tert-OH is 1. The molecule has 0 amide bonds. The van der Waals surface area contributed by atoms with Gasteiger partial charge in [-0.1, -0.05) is 0 Å². The molecule has 1 aromatic heterocycles. The second-order valence-electron chi connectivity index (χ2n) is 3.70. The van der Waals surface area contributed by atoms with Crippen LogP contribution in [0.4, 0.5) is 20.4 Å². The Morgan fingerprint density at radius 3 is 2.68 bits per heavy atom. The van der Waals surface area contributed by atoms with Crippen LogP contribution in [0, 0.1) is 0 Å². The number of hydrogen-bond acceptors (Lipinski definition) is 7. The zero-order chi connectivity index (χ0) is 14.3. The van der Waals surface area contributed by atoms with Crippen LogP contribution in [-0.2, 0) is 11.3 Å². The molecule has 0 radical (unpaired) electrons. The summed E-state index contributed by atoms with van der Waals surface area (Å²) in [7, 11) is 0. The smallest absolute Gasteiger partial charge is 0.287 e. The van der Waals surface area contributed by atoms with E-state index >= 15 is 0 Å². The topological polar surface area (TPSA) is 105 Å². The van der Waals surface area contributed by atoms with Gasteiger partial charge in [-0.15, -0.1) is 0 Å². The maximum atomic E-state index is 12.9. The van der Waals surface area contributed by atoms with Crippen molar-refractivity contribution < 1.29 is 18.6 Å². The van der Waals surface area contributed by atoms with Crippen LogP contribution in [-0.4, -0.2) is 40.8 Å². The molecule has 19 heavy (non-hydrogen) atoms. The highest BCUT2D eigenvalue weighted by molar-refractivity contribution is 5.46. The highest BCUT2D eigenvalue weighted by Gasteiger charge is 2.27. The van der Waals surface area contributed by atoms with Crippen LogP contribution in [0.25, 0.3) is 0 Å². The first-order valence-electron chi connectivity index (χ1n) is 5.65. The van der Waals surface area contributed by atoms with Gasteiger partial charge in [0.2, 0.25) is 0 Å². The summed E-state index contributed by atoms with van der Waals surface area (Å²) in [5.41, 5.74) is 2.31. The molecule has 0 aliphatic heterocycles. The van der Waals surface area contributed by atoms with Gasteiger partial charge in [-0.05, 0) is 6.92 Å². The first kappa shape index (κ1) is 15.5. The number of nitrogen functional groups attached to an aromatic ring is 1. The van der Waals surface area contributed by atoms with Crippen molar-refractivity contribution in [1.82, 2.24) is 9.97 Å². The highest BCUT2D eigenvalue weighted by atomic mass is 19.3. The van der Waals surface area contributed by atoms with Gasteiger partial charge in [0, 0.05) is 12.7 Å². The van der Waals surface area contributed by atoms with Crippen LogP contribution in [0.5, 0.6) is 0 Å². The van der Waals surface area contributed by atoms with Crippen molar-refractivity contribution in [1.29, 1.82) is 0 Å². The Labute approximate surface area is 109 Å². The minimum atomic E-state index is -3.22. The van der Waals surface area contributed by atoms with Crippen LogP contribution in [0.3, 0.4) is 0 Å². The Bertz CT molecular complexity index is 406. The maximum absolute atomic E-state index is 12.9. The minimum Gasteiger partial charge on any atom is -0.390 e. The summed E-state index contributed by atoms with van der Waals surface area (Å²) < 4.78 is 30.9. The molecule has 7 nitrogen and oxygen atoms in total. The van der Waals surface area contributed by atoms with Crippen molar-refractivity contribution >= 4 is 11.6 Å². The molecule has 0 aromatic carbocycles. The fourth-order valence-electron chi connectivity index (χ4n) is 1.20. The van der Waals surface area contributed by atoms with Crippen molar-refractivity contribution in [3.8, 4) is 0 Å². The highest BCUT2D eigenvalue weighted by Crippen LogP contribution is 2.15. The normalized spacial score (nSPS) is 11.4. The molecule has 1 rings (SSSR count). The van der Waals surface area contributed by atoms with E-state index in [0.29, 0.717) is 12.4 Å². The van der Waals surface area contributed by atoms with Crippen LogP contribution in [0.15, 0.2) is 6.07 Å². The van der Waals surface area contributed by atoms with Gasteiger partial charge < -0.3 is 20.6 Å². The van der Waals surface area contributed by atoms with Crippen LogP contribution >= 0.6 is 0 Å². The number of rotatable bonds is 8. The van der Waals surface area contributed by atoms with Crippen molar-refractivity contribution in [3.05, 3.63) is 11.9 Å². The Hall–Kier alpha value is -1.58. The van der Waals surface area contributed by atoms with E-state index in [-0.39, 0.29) is 18.2 Å². The summed E-state index contributed by atoms with van der Waals surface area (Å²) in [6.07, 6.45) is 0. The summed E-state index contributed by atoms with van der Waals surface area (Å²) in [6, 6.07) is 1.38. The Kier molecular flexibility index (Phi) is 5.80. The van der Waals surface area contributed by atoms with Gasteiger partial charge in [0.05, 0.1) is 6.54 Å². The fourth-order valence-corrected chi connectivity index (χ4v) is 1.20. The molecule has 0 bridgehead atoms. The number of nitrogens with zero attached hydrogens (tertiary/aromatic N) is 2. The summed E-state index contributed by atoms with van der Waals surface area (Å²) in [5, 5.41) is 10.9. The summed E-state index contributed by atoms with van der Waals surface area (Å²) in [5.74, 6) is 2.77. The van der Waals surface area contributed by atoms with E-state index in [1.165, 1.54) is 6.07 Å². The summed E-state index contributed by atoms with van der Waals surface area (Å²) >= 11 is 0. The van der Waals surface area contributed by atoms with Crippen LogP contribution < -0.4 is 16.6 Å². The van der Waals surface area contributed by atoms with Crippen molar-refractivity contribution in [3.63, 3.8) is 0 Å². The SMILES string of the molecule is CCOCc1nc(NN)cc(NCC(F)(F)CO)n1. The molecule has 0 atom stereocenters. The summed E-state index contributed by atoms with van der Waals surface area (Å²) in [6.45, 7) is 0.468. The third-order valence-corrected chi connectivity index (χ3v) is 2.12. The Morgan fingerprint density at radius 1 is 1.42 bits per heavy atom. The van der Waals surface area contributed by atoms with Gasteiger partial charge in [-0.25, -0.2) is 24.6 Å². The average Bonchev–Trinajstić information content (AvgIpc) is 2.42. The number of nitrogens with two attached hydrogens (primary N) is 1. The second-order valence-corrected chi connectivity index (χ2v) is 3.70. The largest absolute Gasteiger partial charge is 0.390 e. The van der Waals surface area contributed by atoms with E-state index in [1.54, 1.807) is 0 Å². The number of nitrogens with one attached hydrogen (secondary N) is 2. The average molecular weight is 277 g/mol. The van der Waals surface area contributed by atoms with E-state index in [0.717, 1.165) is 0 Å². The summed E-state index contributed by atoms with van der Waals surface area (Å²) in [4.78, 5) is 8.00. The van der Waals surface area contributed by atoms with Crippen LogP contribution in [0.2, 0.25) is 0 Å². The van der Waals surface area contributed by atoms with E-state index in [9.17, 15) is 8.78 Å². The second kappa shape index (κ2) is 7.12. The van der Waals surface area contributed by atoms with Gasteiger partial charge in [0.15, 0.2) is 5.82 Å². The van der Waals surface area contributed by atoms with E-state index in [1.807, 2.05) is 6.92 Å². The third-order valence-electron chi connectivity index (χ3n) is 2.12. The fraction of sp³-hybridized carbons (Fsp3) is 0.600. The lowest BCUT2D eigenvalue weighted by Crippen LogP contribution is -2.31. The number of aliphatic hydroxyl groups is 1. The lowest BCUT2D eigenvalue weighted by Gasteiger charge is -2.15.